The molecule has 1 heterocycles. The Morgan fingerprint density at radius 1 is 1.19 bits per heavy atom. The van der Waals surface area contributed by atoms with Gasteiger partial charge in [0.15, 0.2) is 0 Å². The third-order valence-corrected chi connectivity index (χ3v) is 4.03. The largest absolute Gasteiger partial charge is 0.437 e. The normalized spacial score (nSPS) is 11.9. The van der Waals surface area contributed by atoms with E-state index in [0.29, 0.717) is 16.7 Å². The van der Waals surface area contributed by atoms with Crippen molar-refractivity contribution in [3.63, 3.8) is 0 Å². The summed E-state index contributed by atoms with van der Waals surface area (Å²) in [6.07, 6.45) is 7.93. The van der Waals surface area contributed by atoms with Gasteiger partial charge in [-0.2, -0.15) is 0 Å². The molecule has 1 atom stereocenters. The van der Waals surface area contributed by atoms with E-state index in [1.807, 2.05) is 43.3 Å². The van der Waals surface area contributed by atoms with Gasteiger partial charge in [0.05, 0.1) is 12.2 Å². The zero-order valence-electron chi connectivity index (χ0n) is 14.7. The van der Waals surface area contributed by atoms with E-state index in [1.165, 1.54) is 6.08 Å². The molecule has 3 rings (SSSR count). The molecule has 5 nitrogen and oxygen atoms in total. The fourth-order valence-electron chi connectivity index (χ4n) is 2.40. The minimum absolute atomic E-state index is 0.183. The molecular weight excluding hydrogens is 362 g/mol. The molecule has 0 aliphatic rings. The SMILES string of the molecule is C[C@H](NC(=O)/C=C/c1ccc(Cl)cc1)c1cccc(Oc2cnccn2)c1. The lowest BCUT2D eigenvalue weighted by molar-refractivity contribution is -0.117. The molecule has 0 bridgehead atoms. The van der Waals surface area contributed by atoms with Crippen LogP contribution in [0.2, 0.25) is 5.02 Å². The monoisotopic (exact) mass is 379 g/mol. The first-order valence-electron chi connectivity index (χ1n) is 8.38. The Bertz CT molecular complexity index is 928. The summed E-state index contributed by atoms with van der Waals surface area (Å²) in [7, 11) is 0. The van der Waals surface area contributed by atoms with E-state index in [4.69, 9.17) is 16.3 Å². The number of carbonyl (C=O) groups is 1. The van der Waals surface area contributed by atoms with Crippen LogP contribution in [0.25, 0.3) is 6.08 Å². The second-order valence-corrected chi connectivity index (χ2v) is 6.27. The summed E-state index contributed by atoms with van der Waals surface area (Å²) < 4.78 is 5.68. The van der Waals surface area contributed by atoms with Gasteiger partial charge >= 0.3 is 0 Å². The maximum absolute atomic E-state index is 12.2. The zero-order valence-corrected chi connectivity index (χ0v) is 15.4. The van der Waals surface area contributed by atoms with Gasteiger partial charge in [0.2, 0.25) is 11.8 Å². The van der Waals surface area contributed by atoms with Gasteiger partial charge in [-0.1, -0.05) is 35.9 Å². The Morgan fingerprint density at radius 2 is 2.00 bits per heavy atom. The number of nitrogens with one attached hydrogen (secondary N) is 1. The summed E-state index contributed by atoms with van der Waals surface area (Å²) in [5.74, 6) is 0.862. The van der Waals surface area contributed by atoms with Gasteiger partial charge < -0.3 is 10.1 Å². The van der Waals surface area contributed by atoms with Crippen LogP contribution >= 0.6 is 11.6 Å². The summed E-state index contributed by atoms with van der Waals surface area (Å²) in [5.41, 5.74) is 1.83. The fourth-order valence-corrected chi connectivity index (χ4v) is 2.52. The molecule has 0 saturated carbocycles. The van der Waals surface area contributed by atoms with Gasteiger partial charge in [-0.05, 0) is 48.4 Å². The highest BCUT2D eigenvalue weighted by atomic mass is 35.5. The Labute approximate surface area is 162 Å². The predicted molar refractivity (Wildman–Crippen MR) is 106 cm³/mol. The maximum atomic E-state index is 12.2. The van der Waals surface area contributed by atoms with Gasteiger partial charge in [0.25, 0.3) is 0 Å². The average molecular weight is 380 g/mol. The smallest absolute Gasteiger partial charge is 0.244 e. The first-order chi connectivity index (χ1) is 13.1. The lowest BCUT2D eigenvalue weighted by Gasteiger charge is -2.14. The Balaban J connectivity index is 1.61. The van der Waals surface area contributed by atoms with Crippen LogP contribution < -0.4 is 10.1 Å². The number of hydrogen-bond acceptors (Lipinski definition) is 4. The third kappa shape index (κ3) is 5.66. The van der Waals surface area contributed by atoms with Crippen LogP contribution in [-0.4, -0.2) is 15.9 Å². The topological polar surface area (TPSA) is 64.1 Å². The van der Waals surface area contributed by atoms with Gasteiger partial charge in [-0.25, -0.2) is 4.98 Å². The van der Waals surface area contributed by atoms with Gasteiger partial charge in [-0.15, -0.1) is 0 Å². The molecule has 1 aromatic heterocycles. The first-order valence-corrected chi connectivity index (χ1v) is 8.76. The highest BCUT2D eigenvalue weighted by molar-refractivity contribution is 6.30. The maximum Gasteiger partial charge on any atom is 0.244 e. The zero-order chi connectivity index (χ0) is 19.1. The lowest BCUT2D eigenvalue weighted by atomic mass is 10.1. The van der Waals surface area contributed by atoms with Crippen molar-refractivity contribution in [3.8, 4) is 11.6 Å². The fraction of sp³-hybridized carbons (Fsp3) is 0.0952. The van der Waals surface area contributed by atoms with Crippen LogP contribution in [-0.2, 0) is 4.79 Å². The summed E-state index contributed by atoms with van der Waals surface area (Å²) in [6.45, 7) is 1.91. The van der Waals surface area contributed by atoms with Crippen molar-refractivity contribution >= 4 is 23.6 Å². The van der Waals surface area contributed by atoms with Crippen molar-refractivity contribution in [1.29, 1.82) is 0 Å². The van der Waals surface area contributed by atoms with E-state index in [9.17, 15) is 4.79 Å². The molecule has 1 N–H and O–H groups in total. The van der Waals surface area contributed by atoms with Crippen molar-refractivity contribution in [2.45, 2.75) is 13.0 Å². The molecular formula is C21H18ClN3O2. The molecule has 0 fully saturated rings. The summed E-state index contributed by atoms with van der Waals surface area (Å²) in [4.78, 5) is 20.2. The number of nitrogens with zero attached hydrogens (tertiary/aromatic N) is 2. The van der Waals surface area contributed by atoms with Gasteiger partial charge in [0, 0.05) is 23.5 Å². The Kier molecular flexibility index (Phi) is 6.18. The molecule has 2 aromatic carbocycles. The molecule has 136 valence electrons. The molecule has 6 heteroatoms. The summed E-state index contributed by atoms with van der Waals surface area (Å²) >= 11 is 5.85. The second kappa shape index (κ2) is 8.96. The van der Waals surface area contributed by atoms with Crippen molar-refractivity contribution in [1.82, 2.24) is 15.3 Å². The summed E-state index contributed by atoms with van der Waals surface area (Å²) in [5, 5.41) is 3.59. The van der Waals surface area contributed by atoms with Crippen molar-refractivity contribution in [2.75, 3.05) is 0 Å². The third-order valence-electron chi connectivity index (χ3n) is 3.78. The number of ether oxygens (including phenoxy) is 1. The first kappa shape index (κ1) is 18.6. The Hall–Kier alpha value is -3.18. The molecule has 1 amide bonds. The lowest BCUT2D eigenvalue weighted by Crippen LogP contribution is -2.24. The number of amides is 1. The van der Waals surface area contributed by atoms with E-state index in [1.54, 1.807) is 36.8 Å². The van der Waals surface area contributed by atoms with Crippen molar-refractivity contribution in [2.24, 2.45) is 0 Å². The highest BCUT2D eigenvalue weighted by Crippen LogP contribution is 2.23. The number of halogens is 1. The highest BCUT2D eigenvalue weighted by Gasteiger charge is 2.09. The molecule has 0 aliphatic heterocycles. The van der Waals surface area contributed by atoms with E-state index >= 15 is 0 Å². The molecule has 0 spiro atoms. The predicted octanol–water partition coefficient (Wildman–Crippen LogP) is 4.81. The van der Waals surface area contributed by atoms with E-state index < -0.39 is 0 Å². The van der Waals surface area contributed by atoms with Crippen molar-refractivity contribution in [3.05, 3.63) is 89.3 Å². The number of rotatable bonds is 6. The molecule has 0 aliphatic carbocycles. The van der Waals surface area contributed by atoms with Crippen LogP contribution in [0.4, 0.5) is 0 Å². The van der Waals surface area contributed by atoms with Crippen LogP contribution in [0.5, 0.6) is 11.6 Å². The van der Waals surface area contributed by atoms with Crippen molar-refractivity contribution < 1.29 is 9.53 Å². The number of hydrogen-bond donors (Lipinski definition) is 1. The quantitative estimate of drug-likeness (QED) is 0.624. The molecule has 27 heavy (non-hydrogen) atoms. The second-order valence-electron chi connectivity index (χ2n) is 5.83. The average Bonchev–Trinajstić information content (AvgIpc) is 2.68. The van der Waals surface area contributed by atoms with E-state index in [-0.39, 0.29) is 11.9 Å². The summed E-state index contributed by atoms with van der Waals surface area (Å²) in [6, 6.07) is 14.6. The van der Waals surface area contributed by atoms with Crippen LogP contribution in [0.1, 0.15) is 24.1 Å². The standard InChI is InChI=1S/C21H18ClN3O2/c1-15(25-20(26)10-7-16-5-8-18(22)9-6-16)17-3-2-4-19(13-17)27-21-14-23-11-12-24-21/h2-15H,1H3,(H,25,26)/b10-7+/t15-/m0/s1. The van der Waals surface area contributed by atoms with Crippen LogP contribution in [0.3, 0.4) is 0 Å². The minimum Gasteiger partial charge on any atom is -0.437 e. The number of benzene rings is 2. The van der Waals surface area contributed by atoms with E-state index in [0.717, 1.165) is 11.1 Å². The number of aromatic nitrogens is 2. The number of carbonyl (C=O) groups excluding carboxylic acids is 1. The van der Waals surface area contributed by atoms with Crippen LogP contribution in [0.15, 0.2) is 73.2 Å². The molecule has 0 unspecified atom stereocenters. The Morgan fingerprint density at radius 3 is 2.74 bits per heavy atom. The molecule has 3 aromatic rings. The van der Waals surface area contributed by atoms with Gasteiger partial charge in [0.1, 0.15) is 5.75 Å². The van der Waals surface area contributed by atoms with Crippen LogP contribution in [0, 0.1) is 0 Å². The molecule has 0 radical (unpaired) electrons. The van der Waals surface area contributed by atoms with E-state index in [2.05, 4.69) is 15.3 Å². The molecule has 0 saturated heterocycles. The van der Waals surface area contributed by atoms with Gasteiger partial charge in [-0.3, -0.25) is 9.78 Å². The minimum atomic E-state index is -0.183.